The van der Waals surface area contributed by atoms with Crippen molar-refractivity contribution < 1.29 is 14.0 Å². The summed E-state index contributed by atoms with van der Waals surface area (Å²) in [5.74, 6) is -1.06. The van der Waals surface area contributed by atoms with Gasteiger partial charge in [0.2, 0.25) is 5.91 Å². The van der Waals surface area contributed by atoms with Gasteiger partial charge in [0.05, 0.1) is 0 Å². The largest absolute Gasteiger partial charge is 0.326 e. The Kier molecular flexibility index (Phi) is 5.34. The summed E-state index contributed by atoms with van der Waals surface area (Å²) in [6, 6.07) is 9.63. The monoisotopic (exact) mass is 328 g/mol. The van der Waals surface area contributed by atoms with Crippen LogP contribution in [0.25, 0.3) is 0 Å². The van der Waals surface area contributed by atoms with Crippen LogP contribution in [0, 0.1) is 25.6 Å². The van der Waals surface area contributed by atoms with E-state index in [0.29, 0.717) is 16.9 Å². The molecule has 0 unspecified atom stereocenters. The number of nitrogens with one attached hydrogen (secondary N) is 2. The topological polar surface area (TPSA) is 58.2 Å². The van der Waals surface area contributed by atoms with E-state index < -0.39 is 11.7 Å². The summed E-state index contributed by atoms with van der Waals surface area (Å²) in [4.78, 5) is 24.1. The normalized spacial score (nSPS) is 10.6. The lowest BCUT2D eigenvalue weighted by Crippen LogP contribution is -2.18. The van der Waals surface area contributed by atoms with Crippen molar-refractivity contribution in [3.8, 4) is 0 Å². The molecule has 24 heavy (non-hydrogen) atoms. The number of halogens is 1. The molecule has 0 saturated heterocycles. The van der Waals surface area contributed by atoms with E-state index in [2.05, 4.69) is 10.6 Å². The summed E-state index contributed by atoms with van der Waals surface area (Å²) in [5.41, 5.74) is 2.75. The maximum atomic E-state index is 13.6. The second-order valence-corrected chi connectivity index (χ2v) is 6.09. The van der Waals surface area contributed by atoms with Gasteiger partial charge in [-0.2, -0.15) is 0 Å². The number of carbonyl (C=O) groups excluding carboxylic acids is 2. The first kappa shape index (κ1) is 17.7. The number of amides is 2. The van der Waals surface area contributed by atoms with E-state index in [1.165, 1.54) is 6.07 Å². The molecule has 0 spiro atoms. The predicted molar refractivity (Wildman–Crippen MR) is 93.7 cm³/mol. The zero-order chi connectivity index (χ0) is 17.9. The van der Waals surface area contributed by atoms with E-state index in [9.17, 15) is 14.0 Å². The molecule has 0 heterocycles. The third kappa shape index (κ3) is 4.19. The predicted octanol–water partition coefficient (Wildman–Crippen LogP) is 4.29. The third-order valence-electron chi connectivity index (χ3n) is 3.71. The van der Waals surface area contributed by atoms with Crippen LogP contribution in [0.15, 0.2) is 36.4 Å². The van der Waals surface area contributed by atoms with Gasteiger partial charge in [-0.25, -0.2) is 4.39 Å². The fourth-order valence-corrected chi connectivity index (χ4v) is 2.05. The summed E-state index contributed by atoms with van der Waals surface area (Å²) >= 11 is 0. The van der Waals surface area contributed by atoms with Gasteiger partial charge >= 0.3 is 0 Å². The van der Waals surface area contributed by atoms with Crippen molar-refractivity contribution in [1.82, 2.24) is 0 Å². The third-order valence-corrected chi connectivity index (χ3v) is 3.71. The van der Waals surface area contributed by atoms with Crippen LogP contribution in [0.5, 0.6) is 0 Å². The van der Waals surface area contributed by atoms with Crippen LogP contribution in [0.4, 0.5) is 15.8 Å². The zero-order valence-electron chi connectivity index (χ0n) is 14.2. The van der Waals surface area contributed by atoms with Gasteiger partial charge in [-0.05, 0) is 49.2 Å². The summed E-state index contributed by atoms with van der Waals surface area (Å²) in [7, 11) is 0. The maximum absolute atomic E-state index is 13.6. The molecule has 0 atom stereocenters. The number of benzene rings is 2. The van der Waals surface area contributed by atoms with Crippen LogP contribution in [0.1, 0.15) is 35.3 Å². The Bertz CT molecular complexity index is 785. The molecule has 0 saturated carbocycles. The van der Waals surface area contributed by atoms with Gasteiger partial charge in [0.25, 0.3) is 5.91 Å². The number of anilines is 2. The first-order valence-electron chi connectivity index (χ1n) is 7.77. The van der Waals surface area contributed by atoms with E-state index in [4.69, 9.17) is 0 Å². The molecule has 0 aliphatic heterocycles. The molecule has 0 aliphatic carbocycles. The fraction of sp³-hybridized carbons (Fsp3) is 0.263. The molecule has 0 aromatic heterocycles. The lowest BCUT2D eigenvalue weighted by Gasteiger charge is -2.13. The van der Waals surface area contributed by atoms with Gasteiger partial charge in [-0.3, -0.25) is 9.59 Å². The van der Waals surface area contributed by atoms with Gasteiger partial charge in [0.15, 0.2) is 0 Å². The Hall–Kier alpha value is -2.69. The molecule has 0 aliphatic rings. The Morgan fingerprint density at radius 2 is 1.62 bits per heavy atom. The van der Waals surface area contributed by atoms with Crippen LogP contribution in [0.3, 0.4) is 0 Å². The van der Waals surface area contributed by atoms with E-state index in [-0.39, 0.29) is 17.4 Å². The van der Waals surface area contributed by atoms with E-state index in [1.54, 1.807) is 51.1 Å². The van der Waals surface area contributed by atoms with Crippen molar-refractivity contribution in [2.45, 2.75) is 27.7 Å². The quantitative estimate of drug-likeness (QED) is 0.879. The van der Waals surface area contributed by atoms with Gasteiger partial charge in [-0.1, -0.05) is 26.0 Å². The molecule has 2 aromatic rings. The number of hydrogen-bond acceptors (Lipinski definition) is 2. The second kappa shape index (κ2) is 7.25. The molecule has 2 amide bonds. The molecule has 4 nitrogen and oxygen atoms in total. The average Bonchev–Trinajstić information content (AvgIpc) is 2.53. The average molecular weight is 328 g/mol. The Morgan fingerprint density at radius 1 is 0.958 bits per heavy atom. The van der Waals surface area contributed by atoms with Gasteiger partial charge < -0.3 is 10.6 Å². The van der Waals surface area contributed by atoms with E-state index >= 15 is 0 Å². The standard InChI is InChI=1S/C19H21FN2O2/c1-11(2)18(23)21-15-8-6-13(4)17(10-15)22-19(24)14-7-5-12(3)16(20)9-14/h5-11H,1-4H3,(H,21,23)(H,22,24). The highest BCUT2D eigenvalue weighted by Crippen LogP contribution is 2.22. The van der Waals surface area contributed by atoms with Crippen molar-refractivity contribution in [3.05, 3.63) is 58.9 Å². The minimum absolute atomic E-state index is 0.100. The van der Waals surface area contributed by atoms with Gasteiger partial charge in [0.1, 0.15) is 5.82 Å². The number of hydrogen-bond donors (Lipinski definition) is 2. The van der Waals surface area contributed by atoms with Crippen molar-refractivity contribution in [1.29, 1.82) is 0 Å². The molecule has 0 bridgehead atoms. The van der Waals surface area contributed by atoms with Crippen LogP contribution in [0.2, 0.25) is 0 Å². The SMILES string of the molecule is Cc1ccc(C(=O)Nc2cc(NC(=O)C(C)C)ccc2C)cc1F. The van der Waals surface area contributed by atoms with Crippen molar-refractivity contribution in [2.75, 3.05) is 10.6 Å². The highest BCUT2D eigenvalue weighted by atomic mass is 19.1. The molecular formula is C19H21FN2O2. The van der Waals surface area contributed by atoms with Crippen LogP contribution < -0.4 is 10.6 Å². The minimum atomic E-state index is -0.419. The summed E-state index contributed by atoms with van der Waals surface area (Å²) in [6.45, 7) is 7.09. The molecule has 0 radical (unpaired) electrons. The molecular weight excluding hydrogens is 307 g/mol. The van der Waals surface area contributed by atoms with E-state index in [1.807, 2.05) is 6.92 Å². The fourth-order valence-electron chi connectivity index (χ4n) is 2.05. The van der Waals surface area contributed by atoms with Gasteiger partial charge in [-0.15, -0.1) is 0 Å². The van der Waals surface area contributed by atoms with Crippen LogP contribution in [-0.2, 0) is 4.79 Å². The highest BCUT2D eigenvalue weighted by molar-refractivity contribution is 6.05. The van der Waals surface area contributed by atoms with Crippen molar-refractivity contribution in [2.24, 2.45) is 5.92 Å². The van der Waals surface area contributed by atoms with Gasteiger partial charge in [0, 0.05) is 22.9 Å². The molecule has 2 aromatic carbocycles. The Morgan fingerprint density at radius 3 is 2.25 bits per heavy atom. The van der Waals surface area contributed by atoms with Crippen LogP contribution in [-0.4, -0.2) is 11.8 Å². The lowest BCUT2D eigenvalue weighted by molar-refractivity contribution is -0.118. The number of rotatable bonds is 4. The van der Waals surface area contributed by atoms with E-state index in [0.717, 1.165) is 5.56 Å². The van der Waals surface area contributed by atoms with Crippen molar-refractivity contribution >= 4 is 23.2 Å². The van der Waals surface area contributed by atoms with Crippen molar-refractivity contribution in [3.63, 3.8) is 0 Å². The molecule has 2 rings (SSSR count). The smallest absolute Gasteiger partial charge is 0.255 e. The highest BCUT2D eigenvalue weighted by Gasteiger charge is 2.12. The Labute approximate surface area is 141 Å². The summed E-state index contributed by atoms with van der Waals surface area (Å²) in [6.07, 6.45) is 0. The molecule has 2 N–H and O–H groups in total. The summed E-state index contributed by atoms with van der Waals surface area (Å²) in [5, 5.41) is 5.55. The second-order valence-electron chi connectivity index (χ2n) is 6.09. The maximum Gasteiger partial charge on any atom is 0.255 e. The summed E-state index contributed by atoms with van der Waals surface area (Å²) < 4.78 is 13.6. The molecule has 5 heteroatoms. The molecule has 0 fully saturated rings. The first-order valence-corrected chi connectivity index (χ1v) is 7.77. The number of carbonyl (C=O) groups is 2. The Balaban J connectivity index is 2.20. The molecule has 126 valence electrons. The van der Waals surface area contributed by atoms with Crippen LogP contribution >= 0.6 is 0 Å². The minimum Gasteiger partial charge on any atom is -0.326 e. The first-order chi connectivity index (χ1) is 11.3. The zero-order valence-corrected chi connectivity index (χ0v) is 14.2. The number of aryl methyl sites for hydroxylation is 2. The lowest BCUT2D eigenvalue weighted by atomic mass is 10.1.